The van der Waals surface area contributed by atoms with E-state index in [1.807, 2.05) is 25.1 Å². The predicted octanol–water partition coefficient (Wildman–Crippen LogP) is 3.32. The van der Waals surface area contributed by atoms with Gasteiger partial charge < -0.3 is 10.3 Å². The minimum absolute atomic E-state index is 0.0988. The zero-order chi connectivity index (χ0) is 12.4. The lowest BCUT2D eigenvalue weighted by Crippen LogP contribution is -2.10. The van der Waals surface area contributed by atoms with Crippen LogP contribution in [0.4, 0.5) is 0 Å². The Hall–Kier alpha value is -0.720. The standard InChI is InChI=1S/C11H11Br2N3O/c1-6(5-14)10-15-11(17-16-10)8-3-2-7(12)4-9(8)13/h2-4,6H,5,14H2,1H3. The van der Waals surface area contributed by atoms with E-state index in [1.54, 1.807) is 0 Å². The summed E-state index contributed by atoms with van der Waals surface area (Å²) in [5.41, 5.74) is 6.44. The van der Waals surface area contributed by atoms with Crippen molar-refractivity contribution < 1.29 is 4.52 Å². The van der Waals surface area contributed by atoms with Gasteiger partial charge in [0.15, 0.2) is 5.82 Å². The van der Waals surface area contributed by atoms with E-state index in [1.165, 1.54) is 0 Å². The van der Waals surface area contributed by atoms with E-state index >= 15 is 0 Å². The molecule has 90 valence electrons. The molecule has 0 saturated carbocycles. The fraction of sp³-hybridized carbons (Fsp3) is 0.273. The summed E-state index contributed by atoms with van der Waals surface area (Å²) in [4.78, 5) is 4.34. The lowest BCUT2D eigenvalue weighted by molar-refractivity contribution is 0.417. The second-order valence-corrected chi connectivity index (χ2v) is 5.49. The zero-order valence-corrected chi connectivity index (χ0v) is 12.3. The molecule has 0 spiro atoms. The molecule has 1 aromatic carbocycles. The second kappa shape index (κ2) is 5.29. The molecule has 0 aliphatic heterocycles. The van der Waals surface area contributed by atoms with Crippen LogP contribution in [0.3, 0.4) is 0 Å². The number of nitrogens with zero attached hydrogens (tertiary/aromatic N) is 2. The summed E-state index contributed by atoms with van der Waals surface area (Å²) in [5.74, 6) is 1.23. The Morgan fingerprint density at radius 1 is 1.41 bits per heavy atom. The van der Waals surface area contributed by atoms with Crippen molar-refractivity contribution in [2.24, 2.45) is 5.73 Å². The van der Waals surface area contributed by atoms with Gasteiger partial charge in [-0.15, -0.1) is 0 Å². The average Bonchev–Trinajstić information content (AvgIpc) is 2.77. The molecule has 0 bridgehead atoms. The molecule has 0 saturated heterocycles. The number of halogens is 2. The molecular formula is C11H11Br2N3O. The van der Waals surface area contributed by atoms with E-state index < -0.39 is 0 Å². The first-order valence-corrected chi connectivity index (χ1v) is 6.69. The van der Waals surface area contributed by atoms with Gasteiger partial charge in [-0.25, -0.2) is 0 Å². The first kappa shape index (κ1) is 12.7. The highest BCUT2D eigenvalue weighted by Crippen LogP contribution is 2.30. The number of benzene rings is 1. The van der Waals surface area contributed by atoms with Crippen molar-refractivity contribution >= 4 is 31.9 Å². The summed E-state index contributed by atoms with van der Waals surface area (Å²) in [6.45, 7) is 2.46. The van der Waals surface area contributed by atoms with Crippen LogP contribution in [0.2, 0.25) is 0 Å². The molecule has 2 rings (SSSR count). The van der Waals surface area contributed by atoms with Gasteiger partial charge in [0.05, 0.1) is 5.56 Å². The maximum Gasteiger partial charge on any atom is 0.259 e. The van der Waals surface area contributed by atoms with Crippen molar-refractivity contribution in [2.45, 2.75) is 12.8 Å². The molecule has 0 radical (unpaired) electrons. The fourth-order valence-electron chi connectivity index (χ4n) is 1.31. The molecule has 1 unspecified atom stereocenters. The highest BCUT2D eigenvalue weighted by atomic mass is 79.9. The Labute approximate surface area is 116 Å². The van der Waals surface area contributed by atoms with E-state index in [0.717, 1.165) is 14.5 Å². The summed E-state index contributed by atoms with van der Waals surface area (Å²) in [5, 5.41) is 3.93. The predicted molar refractivity (Wildman–Crippen MR) is 72.6 cm³/mol. The first-order valence-electron chi connectivity index (χ1n) is 5.11. The minimum Gasteiger partial charge on any atom is -0.334 e. The third-order valence-electron chi connectivity index (χ3n) is 2.40. The molecule has 4 nitrogen and oxygen atoms in total. The van der Waals surface area contributed by atoms with E-state index in [9.17, 15) is 0 Å². The molecule has 0 fully saturated rings. The van der Waals surface area contributed by atoms with Crippen LogP contribution >= 0.6 is 31.9 Å². The summed E-state index contributed by atoms with van der Waals surface area (Å²) < 4.78 is 7.13. The summed E-state index contributed by atoms with van der Waals surface area (Å²) >= 11 is 6.86. The van der Waals surface area contributed by atoms with Crippen LogP contribution in [-0.2, 0) is 0 Å². The van der Waals surface area contributed by atoms with Gasteiger partial charge in [-0.05, 0) is 34.1 Å². The Bertz CT molecular complexity index is 527. The van der Waals surface area contributed by atoms with Crippen molar-refractivity contribution in [2.75, 3.05) is 6.54 Å². The average molecular weight is 361 g/mol. The molecule has 0 aliphatic rings. The highest BCUT2D eigenvalue weighted by Gasteiger charge is 2.15. The number of nitrogens with two attached hydrogens (primary N) is 1. The van der Waals surface area contributed by atoms with Gasteiger partial charge in [-0.3, -0.25) is 0 Å². The van der Waals surface area contributed by atoms with Gasteiger partial charge >= 0.3 is 0 Å². The number of aromatic nitrogens is 2. The second-order valence-electron chi connectivity index (χ2n) is 3.72. The van der Waals surface area contributed by atoms with Crippen LogP contribution in [0, 0.1) is 0 Å². The van der Waals surface area contributed by atoms with Gasteiger partial charge in [0.1, 0.15) is 0 Å². The first-order chi connectivity index (χ1) is 8.11. The summed E-state index contributed by atoms with van der Waals surface area (Å²) in [7, 11) is 0. The topological polar surface area (TPSA) is 64.9 Å². The molecular weight excluding hydrogens is 350 g/mol. The highest BCUT2D eigenvalue weighted by molar-refractivity contribution is 9.11. The molecule has 1 atom stereocenters. The third kappa shape index (κ3) is 2.75. The smallest absolute Gasteiger partial charge is 0.259 e. The SMILES string of the molecule is CC(CN)c1noc(-c2ccc(Br)cc2Br)n1. The van der Waals surface area contributed by atoms with Crippen LogP contribution in [0.1, 0.15) is 18.7 Å². The number of hydrogen-bond acceptors (Lipinski definition) is 4. The lowest BCUT2D eigenvalue weighted by atomic mass is 10.2. The van der Waals surface area contributed by atoms with Crippen LogP contribution in [-0.4, -0.2) is 16.7 Å². The maximum absolute atomic E-state index is 5.56. The monoisotopic (exact) mass is 359 g/mol. The number of rotatable bonds is 3. The summed E-state index contributed by atoms with van der Waals surface area (Å²) in [6.07, 6.45) is 0. The van der Waals surface area contributed by atoms with Crippen molar-refractivity contribution in [3.63, 3.8) is 0 Å². The Morgan fingerprint density at radius 3 is 2.82 bits per heavy atom. The van der Waals surface area contributed by atoms with Crippen LogP contribution in [0.5, 0.6) is 0 Å². The summed E-state index contributed by atoms with van der Waals surface area (Å²) in [6, 6.07) is 5.78. The van der Waals surface area contributed by atoms with E-state index in [-0.39, 0.29) is 5.92 Å². The molecule has 0 aliphatic carbocycles. The Balaban J connectivity index is 2.37. The van der Waals surface area contributed by atoms with Crippen LogP contribution in [0.15, 0.2) is 31.7 Å². The van der Waals surface area contributed by atoms with Gasteiger partial charge in [0.2, 0.25) is 0 Å². The maximum atomic E-state index is 5.56. The van der Waals surface area contributed by atoms with Crippen molar-refractivity contribution in [1.82, 2.24) is 10.1 Å². The Kier molecular flexibility index (Phi) is 3.96. The number of hydrogen-bond donors (Lipinski definition) is 1. The van der Waals surface area contributed by atoms with Crippen molar-refractivity contribution in [3.05, 3.63) is 33.0 Å². The molecule has 2 aromatic rings. The van der Waals surface area contributed by atoms with Gasteiger partial charge in [0.25, 0.3) is 5.89 Å². The Morgan fingerprint density at radius 2 is 2.18 bits per heavy atom. The van der Waals surface area contributed by atoms with Gasteiger partial charge in [-0.1, -0.05) is 28.0 Å². The van der Waals surface area contributed by atoms with E-state index in [0.29, 0.717) is 18.3 Å². The van der Waals surface area contributed by atoms with E-state index in [4.69, 9.17) is 10.3 Å². The normalized spacial score (nSPS) is 12.7. The molecule has 1 heterocycles. The van der Waals surface area contributed by atoms with Gasteiger partial charge in [-0.2, -0.15) is 4.98 Å². The van der Waals surface area contributed by atoms with Gasteiger partial charge in [0, 0.05) is 21.4 Å². The molecule has 2 N–H and O–H groups in total. The zero-order valence-electron chi connectivity index (χ0n) is 9.15. The lowest BCUT2D eigenvalue weighted by Gasteiger charge is -2.00. The van der Waals surface area contributed by atoms with Crippen molar-refractivity contribution in [1.29, 1.82) is 0 Å². The largest absolute Gasteiger partial charge is 0.334 e. The van der Waals surface area contributed by atoms with Crippen LogP contribution in [0.25, 0.3) is 11.5 Å². The molecule has 0 amide bonds. The fourth-order valence-corrected chi connectivity index (χ4v) is 2.53. The van der Waals surface area contributed by atoms with Crippen molar-refractivity contribution in [3.8, 4) is 11.5 Å². The van der Waals surface area contributed by atoms with Crippen LogP contribution < -0.4 is 5.73 Å². The minimum atomic E-state index is 0.0988. The molecule has 1 aromatic heterocycles. The quantitative estimate of drug-likeness (QED) is 0.911. The molecule has 6 heteroatoms. The molecule has 17 heavy (non-hydrogen) atoms. The van der Waals surface area contributed by atoms with E-state index in [2.05, 4.69) is 42.0 Å². The third-order valence-corrected chi connectivity index (χ3v) is 3.55.